The lowest BCUT2D eigenvalue weighted by Gasteiger charge is -2.02. The Morgan fingerprint density at radius 3 is 2.70 bits per heavy atom. The highest BCUT2D eigenvalue weighted by molar-refractivity contribution is 7.13. The van der Waals surface area contributed by atoms with Gasteiger partial charge >= 0.3 is 0 Å². The van der Waals surface area contributed by atoms with Crippen LogP contribution in [0.5, 0.6) is 0 Å². The second kappa shape index (κ2) is 4.50. The highest BCUT2D eigenvalue weighted by Gasteiger charge is 2.19. The van der Waals surface area contributed by atoms with Gasteiger partial charge < -0.3 is 15.0 Å². The van der Waals surface area contributed by atoms with Gasteiger partial charge in [-0.15, -0.1) is 11.3 Å². The standard InChI is InChI=1S/C14H11N5S/c1-2-10(15-3-1)9-8-19-12(13-16-4-5-17-13)11(9)14-18-6-7-20-14/h1-8,15,19H,(H,16,17). The van der Waals surface area contributed by atoms with Crippen molar-refractivity contribution in [2.75, 3.05) is 0 Å². The van der Waals surface area contributed by atoms with Crippen molar-refractivity contribution >= 4 is 11.3 Å². The number of aromatic nitrogens is 5. The first-order valence-corrected chi connectivity index (χ1v) is 7.06. The van der Waals surface area contributed by atoms with Crippen LogP contribution in [0.4, 0.5) is 0 Å². The van der Waals surface area contributed by atoms with E-state index in [1.54, 1.807) is 17.5 Å². The van der Waals surface area contributed by atoms with Gasteiger partial charge in [-0.2, -0.15) is 0 Å². The molecule has 0 unspecified atom stereocenters. The van der Waals surface area contributed by atoms with Crippen molar-refractivity contribution in [2.45, 2.75) is 0 Å². The molecule has 4 rings (SSSR count). The number of nitrogens with one attached hydrogen (secondary N) is 3. The molecule has 4 aromatic rings. The first-order valence-electron chi connectivity index (χ1n) is 6.18. The summed E-state index contributed by atoms with van der Waals surface area (Å²) in [7, 11) is 0. The highest BCUT2D eigenvalue weighted by Crippen LogP contribution is 2.38. The Kier molecular flexibility index (Phi) is 2.53. The zero-order valence-corrected chi connectivity index (χ0v) is 11.2. The molecule has 4 aromatic heterocycles. The van der Waals surface area contributed by atoms with Crippen LogP contribution in [-0.2, 0) is 0 Å². The average molecular weight is 281 g/mol. The molecule has 0 aliphatic heterocycles. The molecular formula is C14H11N5S. The lowest BCUT2D eigenvalue weighted by molar-refractivity contribution is 1.25. The third-order valence-corrected chi connectivity index (χ3v) is 3.94. The van der Waals surface area contributed by atoms with Crippen LogP contribution in [-0.4, -0.2) is 24.9 Å². The quantitative estimate of drug-likeness (QED) is 0.537. The van der Waals surface area contributed by atoms with Gasteiger partial charge in [-0.3, -0.25) is 0 Å². The van der Waals surface area contributed by atoms with E-state index in [2.05, 4.69) is 24.9 Å². The number of imidazole rings is 1. The fraction of sp³-hybridized carbons (Fsp3) is 0. The molecule has 20 heavy (non-hydrogen) atoms. The zero-order chi connectivity index (χ0) is 13.4. The second-order valence-corrected chi connectivity index (χ2v) is 5.21. The lowest BCUT2D eigenvalue weighted by Crippen LogP contribution is -1.86. The minimum atomic E-state index is 0.813. The molecule has 5 nitrogen and oxygen atoms in total. The average Bonchev–Trinajstić information content (AvgIpc) is 3.23. The zero-order valence-electron chi connectivity index (χ0n) is 10.4. The third-order valence-electron chi connectivity index (χ3n) is 3.15. The topological polar surface area (TPSA) is 73.2 Å². The fourth-order valence-corrected chi connectivity index (χ4v) is 2.99. The minimum absolute atomic E-state index is 0.813. The van der Waals surface area contributed by atoms with Crippen molar-refractivity contribution in [3.8, 4) is 33.3 Å². The van der Waals surface area contributed by atoms with Gasteiger partial charge in [-0.1, -0.05) is 0 Å². The maximum absolute atomic E-state index is 4.44. The number of H-pyrrole nitrogens is 3. The normalized spacial score (nSPS) is 11.0. The summed E-state index contributed by atoms with van der Waals surface area (Å²) >= 11 is 1.62. The van der Waals surface area contributed by atoms with Crippen molar-refractivity contribution in [3.63, 3.8) is 0 Å². The lowest BCUT2D eigenvalue weighted by atomic mass is 10.1. The van der Waals surface area contributed by atoms with Crippen LogP contribution >= 0.6 is 11.3 Å². The van der Waals surface area contributed by atoms with Crippen molar-refractivity contribution in [1.29, 1.82) is 0 Å². The highest BCUT2D eigenvalue weighted by atomic mass is 32.1. The molecule has 0 aliphatic rings. The number of rotatable bonds is 3. The molecule has 0 aromatic carbocycles. The predicted octanol–water partition coefficient (Wildman–Crippen LogP) is 3.52. The number of hydrogen-bond acceptors (Lipinski definition) is 3. The van der Waals surface area contributed by atoms with Gasteiger partial charge in [-0.05, 0) is 12.1 Å². The Morgan fingerprint density at radius 1 is 1.00 bits per heavy atom. The van der Waals surface area contributed by atoms with Crippen LogP contribution in [0.3, 0.4) is 0 Å². The van der Waals surface area contributed by atoms with Crippen LogP contribution < -0.4 is 0 Å². The Hall–Kier alpha value is -2.60. The van der Waals surface area contributed by atoms with Gasteiger partial charge in [0.1, 0.15) is 5.01 Å². The first-order chi connectivity index (χ1) is 9.93. The van der Waals surface area contributed by atoms with Crippen LogP contribution in [0, 0.1) is 0 Å². The Labute approximate surface area is 118 Å². The molecule has 0 fully saturated rings. The molecule has 4 heterocycles. The molecule has 98 valence electrons. The van der Waals surface area contributed by atoms with E-state index in [9.17, 15) is 0 Å². The molecule has 0 radical (unpaired) electrons. The summed E-state index contributed by atoms with van der Waals surface area (Å²) in [4.78, 5) is 18.5. The summed E-state index contributed by atoms with van der Waals surface area (Å²) in [6.45, 7) is 0. The predicted molar refractivity (Wildman–Crippen MR) is 79.3 cm³/mol. The molecule has 0 bridgehead atoms. The van der Waals surface area contributed by atoms with Crippen LogP contribution in [0.1, 0.15) is 0 Å². The van der Waals surface area contributed by atoms with E-state index in [1.807, 2.05) is 42.3 Å². The maximum Gasteiger partial charge on any atom is 0.154 e. The number of thiazole rings is 1. The molecule has 0 aliphatic carbocycles. The van der Waals surface area contributed by atoms with Gasteiger partial charge in [0.15, 0.2) is 5.82 Å². The Morgan fingerprint density at radius 2 is 2.00 bits per heavy atom. The Bertz CT molecular complexity index is 742. The SMILES string of the molecule is c1c[nH]c(-c2c[nH]c(-c3ncc[nH]3)c2-c2nccs2)c1. The number of aromatic amines is 3. The minimum Gasteiger partial charge on any atom is -0.361 e. The van der Waals surface area contributed by atoms with Crippen LogP contribution in [0.25, 0.3) is 33.3 Å². The third kappa shape index (κ3) is 1.70. The smallest absolute Gasteiger partial charge is 0.154 e. The van der Waals surface area contributed by atoms with Gasteiger partial charge in [0.05, 0.1) is 5.69 Å². The summed E-state index contributed by atoms with van der Waals surface area (Å²) in [6.07, 6.45) is 9.28. The molecule has 0 saturated carbocycles. The van der Waals surface area contributed by atoms with E-state index >= 15 is 0 Å². The summed E-state index contributed by atoms with van der Waals surface area (Å²) in [6, 6.07) is 4.03. The maximum atomic E-state index is 4.44. The van der Waals surface area contributed by atoms with Gasteiger partial charge in [0.25, 0.3) is 0 Å². The van der Waals surface area contributed by atoms with Crippen molar-refractivity contribution in [2.24, 2.45) is 0 Å². The van der Waals surface area contributed by atoms with Crippen molar-refractivity contribution < 1.29 is 0 Å². The molecular weight excluding hydrogens is 270 g/mol. The number of nitrogens with zero attached hydrogens (tertiary/aromatic N) is 2. The van der Waals surface area contributed by atoms with Crippen molar-refractivity contribution in [1.82, 2.24) is 24.9 Å². The largest absolute Gasteiger partial charge is 0.361 e. The number of hydrogen-bond donors (Lipinski definition) is 3. The molecule has 0 saturated heterocycles. The van der Waals surface area contributed by atoms with E-state index in [4.69, 9.17) is 0 Å². The van der Waals surface area contributed by atoms with E-state index < -0.39 is 0 Å². The summed E-state index contributed by atoms with van der Waals surface area (Å²) in [5.74, 6) is 0.813. The molecule has 3 N–H and O–H groups in total. The van der Waals surface area contributed by atoms with Crippen LogP contribution in [0.15, 0.2) is 48.5 Å². The Balaban J connectivity index is 1.98. The first kappa shape index (κ1) is 11.2. The molecule has 0 atom stereocenters. The van der Waals surface area contributed by atoms with E-state index in [0.29, 0.717) is 0 Å². The monoisotopic (exact) mass is 281 g/mol. The molecule has 0 spiro atoms. The van der Waals surface area contributed by atoms with Crippen molar-refractivity contribution in [3.05, 3.63) is 48.5 Å². The van der Waals surface area contributed by atoms with E-state index in [0.717, 1.165) is 33.3 Å². The molecule has 6 heteroatoms. The van der Waals surface area contributed by atoms with E-state index in [1.165, 1.54) is 0 Å². The summed E-state index contributed by atoms with van der Waals surface area (Å²) < 4.78 is 0. The summed E-state index contributed by atoms with van der Waals surface area (Å²) in [5, 5.41) is 2.95. The fourth-order valence-electron chi connectivity index (χ4n) is 2.29. The summed E-state index contributed by atoms with van der Waals surface area (Å²) in [5.41, 5.74) is 4.17. The van der Waals surface area contributed by atoms with Crippen LogP contribution in [0.2, 0.25) is 0 Å². The van der Waals surface area contributed by atoms with Gasteiger partial charge in [0.2, 0.25) is 0 Å². The second-order valence-electron chi connectivity index (χ2n) is 4.31. The van der Waals surface area contributed by atoms with E-state index in [-0.39, 0.29) is 0 Å². The van der Waals surface area contributed by atoms with Gasteiger partial charge in [-0.25, -0.2) is 9.97 Å². The van der Waals surface area contributed by atoms with Gasteiger partial charge in [0, 0.05) is 53.2 Å². The molecule has 0 amide bonds.